The molecule has 0 saturated heterocycles. The van der Waals surface area contributed by atoms with Gasteiger partial charge in [0.1, 0.15) is 9.88 Å². The summed E-state index contributed by atoms with van der Waals surface area (Å²) in [4.78, 5) is 29.1. The number of aliphatic carboxylic acids is 1. The molecule has 2 N–H and O–H groups in total. The van der Waals surface area contributed by atoms with Crippen LogP contribution in [0.5, 0.6) is 0 Å². The first-order valence-corrected chi connectivity index (χ1v) is 8.14. The zero-order valence-electron chi connectivity index (χ0n) is 11.9. The van der Waals surface area contributed by atoms with Crippen LogP contribution in [-0.2, 0) is 4.79 Å². The lowest BCUT2D eigenvalue weighted by atomic mass is 10.0. The third kappa shape index (κ3) is 3.48. The van der Waals surface area contributed by atoms with E-state index in [9.17, 15) is 9.59 Å². The SMILES string of the molecule is Cc1nc(-c2cccs2)sc1C(=O)NC(C)C(C)C(=O)O. The van der Waals surface area contributed by atoms with E-state index >= 15 is 0 Å². The molecule has 1 amide bonds. The molecule has 0 saturated carbocycles. The molecule has 2 aromatic rings. The molecule has 0 bridgehead atoms. The van der Waals surface area contributed by atoms with Gasteiger partial charge in [-0.2, -0.15) is 0 Å². The lowest BCUT2D eigenvalue weighted by Gasteiger charge is -2.17. The second-order valence-corrected chi connectivity index (χ2v) is 6.75. The average Bonchev–Trinajstić information content (AvgIpc) is 3.06. The van der Waals surface area contributed by atoms with Crippen LogP contribution < -0.4 is 5.32 Å². The van der Waals surface area contributed by atoms with E-state index in [0.717, 1.165) is 9.88 Å². The lowest BCUT2D eigenvalue weighted by Crippen LogP contribution is -2.39. The summed E-state index contributed by atoms with van der Waals surface area (Å²) in [5.41, 5.74) is 0.663. The predicted molar refractivity (Wildman–Crippen MR) is 83.9 cm³/mol. The molecule has 0 aromatic carbocycles. The molecule has 0 aliphatic heterocycles. The zero-order valence-corrected chi connectivity index (χ0v) is 13.5. The van der Waals surface area contributed by atoms with E-state index in [2.05, 4.69) is 10.3 Å². The van der Waals surface area contributed by atoms with Crippen molar-refractivity contribution in [1.29, 1.82) is 0 Å². The Kier molecular flexibility index (Phi) is 4.74. The number of hydrogen-bond acceptors (Lipinski definition) is 5. The first kappa shape index (κ1) is 15.7. The minimum absolute atomic E-state index is 0.270. The number of thiazole rings is 1. The number of amides is 1. The summed E-state index contributed by atoms with van der Waals surface area (Å²) in [6.07, 6.45) is 0. The fourth-order valence-corrected chi connectivity index (χ4v) is 3.49. The number of nitrogens with zero attached hydrogens (tertiary/aromatic N) is 1. The largest absolute Gasteiger partial charge is 0.481 e. The van der Waals surface area contributed by atoms with Crippen LogP contribution in [-0.4, -0.2) is 28.0 Å². The Bertz CT molecular complexity index is 649. The van der Waals surface area contributed by atoms with E-state index in [0.29, 0.717) is 10.6 Å². The standard InChI is InChI=1S/C14H16N2O3S2/c1-7(14(18)19)8(2)15-12(17)11-9(3)16-13(21-11)10-5-4-6-20-10/h4-8H,1-3H3,(H,15,17)(H,18,19). The summed E-state index contributed by atoms with van der Waals surface area (Å²) >= 11 is 2.90. The van der Waals surface area contributed by atoms with Crippen molar-refractivity contribution >= 4 is 34.6 Å². The number of aryl methyl sites for hydroxylation is 1. The van der Waals surface area contributed by atoms with Crippen LogP contribution in [0.15, 0.2) is 17.5 Å². The molecule has 0 aliphatic carbocycles. The molecule has 2 heterocycles. The van der Waals surface area contributed by atoms with Crippen molar-refractivity contribution in [2.45, 2.75) is 26.8 Å². The van der Waals surface area contributed by atoms with Gasteiger partial charge in [0.25, 0.3) is 5.91 Å². The molecule has 0 radical (unpaired) electrons. The number of carboxylic acids is 1. The highest BCUT2D eigenvalue weighted by Gasteiger charge is 2.23. The second kappa shape index (κ2) is 6.36. The average molecular weight is 324 g/mol. The molecule has 5 nitrogen and oxygen atoms in total. The van der Waals surface area contributed by atoms with Gasteiger partial charge in [0.2, 0.25) is 0 Å². The summed E-state index contributed by atoms with van der Waals surface area (Å²) in [6.45, 7) is 5.05. The van der Waals surface area contributed by atoms with Crippen molar-refractivity contribution in [3.8, 4) is 9.88 Å². The number of rotatable bonds is 5. The van der Waals surface area contributed by atoms with Crippen molar-refractivity contribution in [1.82, 2.24) is 10.3 Å². The molecule has 0 aliphatic rings. The van der Waals surface area contributed by atoms with Gasteiger partial charge in [-0.1, -0.05) is 6.07 Å². The highest BCUT2D eigenvalue weighted by Crippen LogP contribution is 2.31. The first-order chi connectivity index (χ1) is 9.90. The van der Waals surface area contributed by atoms with Crippen molar-refractivity contribution < 1.29 is 14.7 Å². The first-order valence-electron chi connectivity index (χ1n) is 6.45. The number of carboxylic acid groups (broad SMARTS) is 1. The Morgan fingerprint density at radius 3 is 2.67 bits per heavy atom. The van der Waals surface area contributed by atoms with Gasteiger partial charge in [-0.15, -0.1) is 22.7 Å². The Morgan fingerprint density at radius 1 is 1.38 bits per heavy atom. The predicted octanol–water partition coefficient (Wildman–Crippen LogP) is 3.02. The van der Waals surface area contributed by atoms with Gasteiger partial charge in [-0.05, 0) is 32.2 Å². The molecule has 21 heavy (non-hydrogen) atoms. The lowest BCUT2D eigenvalue weighted by molar-refractivity contribution is -0.141. The summed E-state index contributed by atoms with van der Waals surface area (Å²) in [7, 11) is 0. The van der Waals surface area contributed by atoms with Crippen LogP contribution in [0.3, 0.4) is 0 Å². The van der Waals surface area contributed by atoms with Crippen molar-refractivity contribution in [2.75, 3.05) is 0 Å². The van der Waals surface area contributed by atoms with Crippen molar-refractivity contribution in [3.63, 3.8) is 0 Å². The van der Waals surface area contributed by atoms with Gasteiger partial charge in [-0.25, -0.2) is 4.98 Å². The number of thiophene rings is 1. The summed E-state index contributed by atoms with van der Waals surface area (Å²) < 4.78 is 0. The third-order valence-corrected chi connectivity index (χ3v) is 5.43. The van der Waals surface area contributed by atoms with Crippen molar-refractivity contribution in [2.24, 2.45) is 5.92 Å². The Labute approximate surface area is 130 Å². The highest BCUT2D eigenvalue weighted by atomic mass is 32.1. The summed E-state index contributed by atoms with van der Waals surface area (Å²) in [6, 6.07) is 3.45. The minimum Gasteiger partial charge on any atom is -0.481 e. The van der Waals surface area contributed by atoms with E-state index < -0.39 is 17.9 Å². The molecule has 2 rings (SSSR count). The fraction of sp³-hybridized carbons (Fsp3) is 0.357. The minimum atomic E-state index is -0.928. The number of carbonyl (C=O) groups is 2. The molecule has 2 unspecified atom stereocenters. The number of aromatic nitrogens is 1. The second-order valence-electron chi connectivity index (χ2n) is 4.80. The monoisotopic (exact) mass is 324 g/mol. The van der Waals surface area contributed by atoms with E-state index in [1.54, 1.807) is 32.1 Å². The van der Waals surface area contributed by atoms with E-state index in [1.807, 2.05) is 17.5 Å². The van der Waals surface area contributed by atoms with Gasteiger partial charge in [-0.3, -0.25) is 9.59 Å². The summed E-state index contributed by atoms with van der Waals surface area (Å²) in [5, 5.41) is 14.5. The number of hydrogen-bond donors (Lipinski definition) is 2. The Morgan fingerprint density at radius 2 is 2.10 bits per heavy atom. The van der Waals surface area contributed by atoms with Crippen LogP contribution in [0.4, 0.5) is 0 Å². The molecule has 2 atom stereocenters. The fourth-order valence-electron chi connectivity index (χ4n) is 1.72. The molecule has 0 spiro atoms. The summed E-state index contributed by atoms with van der Waals surface area (Å²) in [5.74, 6) is -1.84. The Balaban J connectivity index is 2.15. The Hall–Kier alpha value is -1.73. The van der Waals surface area contributed by atoms with Gasteiger partial charge in [0, 0.05) is 6.04 Å². The molecule has 0 fully saturated rings. The molecule has 112 valence electrons. The third-order valence-electron chi connectivity index (χ3n) is 3.23. The maximum atomic E-state index is 12.3. The van der Waals surface area contributed by atoms with Crippen LogP contribution >= 0.6 is 22.7 Å². The quantitative estimate of drug-likeness (QED) is 0.886. The smallest absolute Gasteiger partial charge is 0.308 e. The maximum Gasteiger partial charge on any atom is 0.308 e. The molecule has 2 aromatic heterocycles. The van der Waals surface area contributed by atoms with Crippen LogP contribution in [0.25, 0.3) is 9.88 Å². The molecular formula is C14H16N2O3S2. The van der Waals surface area contributed by atoms with Crippen LogP contribution in [0.1, 0.15) is 29.2 Å². The van der Waals surface area contributed by atoms with E-state index in [-0.39, 0.29) is 5.91 Å². The molecule has 7 heteroatoms. The normalized spacial score (nSPS) is 13.7. The topological polar surface area (TPSA) is 79.3 Å². The van der Waals surface area contributed by atoms with Gasteiger partial charge in [0.05, 0.1) is 16.5 Å². The van der Waals surface area contributed by atoms with Gasteiger partial charge >= 0.3 is 5.97 Å². The van der Waals surface area contributed by atoms with Crippen molar-refractivity contribution in [3.05, 3.63) is 28.1 Å². The van der Waals surface area contributed by atoms with E-state index in [1.165, 1.54) is 11.3 Å². The van der Waals surface area contributed by atoms with Gasteiger partial charge < -0.3 is 10.4 Å². The van der Waals surface area contributed by atoms with E-state index in [4.69, 9.17) is 5.11 Å². The highest BCUT2D eigenvalue weighted by molar-refractivity contribution is 7.22. The maximum absolute atomic E-state index is 12.3. The molecular weight excluding hydrogens is 308 g/mol. The number of nitrogens with one attached hydrogen (secondary N) is 1. The zero-order chi connectivity index (χ0) is 15.6. The number of carbonyl (C=O) groups excluding carboxylic acids is 1. The van der Waals surface area contributed by atoms with Crippen LogP contribution in [0, 0.1) is 12.8 Å². The van der Waals surface area contributed by atoms with Crippen LogP contribution in [0.2, 0.25) is 0 Å². The van der Waals surface area contributed by atoms with Gasteiger partial charge in [0.15, 0.2) is 0 Å².